The number of nitrogens with one attached hydrogen (secondary N) is 2. The number of carbonyl (C=O) groups excluding carboxylic acids is 2. The summed E-state index contributed by atoms with van der Waals surface area (Å²) in [5, 5.41) is 14.5. The Balaban J connectivity index is 1.54. The topological polar surface area (TPSA) is 114 Å². The Bertz CT molecular complexity index is 994. The van der Waals surface area contributed by atoms with Crippen LogP contribution in [-0.4, -0.2) is 54.5 Å². The van der Waals surface area contributed by atoms with Gasteiger partial charge in [0.25, 0.3) is 0 Å². The summed E-state index contributed by atoms with van der Waals surface area (Å²) in [6.45, 7) is 5.52. The predicted molar refractivity (Wildman–Crippen MR) is 128 cm³/mol. The zero-order valence-corrected chi connectivity index (χ0v) is 19.8. The lowest BCUT2D eigenvalue weighted by Gasteiger charge is -2.26. The summed E-state index contributed by atoms with van der Waals surface area (Å²) in [6.07, 6.45) is -1.05. The summed E-state index contributed by atoms with van der Waals surface area (Å²) < 4.78 is 11.1. The molecule has 34 heavy (non-hydrogen) atoms. The Morgan fingerprint density at radius 3 is 2.15 bits per heavy atom. The number of hydrogen-bond acceptors (Lipinski definition) is 5. The number of fused-ring (bicyclic) bond motifs is 3. The van der Waals surface area contributed by atoms with E-state index < -0.39 is 29.6 Å². The molecule has 2 aromatic carbocycles. The van der Waals surface area contributed by atoms with Gasteiger partial charge in [-0.3, -0.25) is 4.79 Å². The molecule has 0 saturated carbocycles. The van der Waals surface area contributed by atoms with E-state index in [0.717, 1.165) is 22.3 Å². The fraction of sp³-hybridized carbons (Fsp3) is 0.423. The van der Waals surface area contributed by atoms with Crippen molar-refractivity contribution in [2.24, 2.45) is 0 Å². The number of rotatable bonds is 11. The molecule has 3 rings (SSSR count). The largest absolute Gasteiger partial charge is 0.480 e. The second-order valence-electron chi connectivity index (χ2n) is 8.53. The summed E-state index contributed by atoms with van der Waals surface area (Å²) in [4.78, 5) is 36.2. The van der Waals surface area contributed by atoms with Crippen LogP contribution in [0.25, 0.3) is 11.1 Å². The van der Waals surface area contributed by atoms with E-state index in [0.29, 0.717) is 6.61 Å². The first-order valence-electron chi connectivity index (χ1n) is 11.5. The van der Waals surface area contributed by atoms with Gasteiger partial charge in [-0.1, -0.05) is 55.5 Å². The van der Waals surface area contributed by atoms with E-state index in [1.165, 1.54) is 6.92 Å². The van der Waals surface area contributed by atoms with Crippen molar-refractivity contribution >= 4 is 18.0 Å². The Morgan fingerprint density at radius 1 is 1.03 bits per heavy atom. The van der Waals surface area contributed by atoms with Crippen LogP contribution in [0.5, 0.6) is 0 Å². The van der Waals surface area contributed by atoms with E-state index in [4.69, 9.17) is 9.47 Å². The molecule has 0 aromatic heterocycles. The van der Waals surface area contributed by atoms with Crippen LogP contribution in [0.2, 0.25) is 0 Å². The third-order valence-corrected chi connectivity index (χ3v) is 6.23. The number of carboxylic acids is 1. The van der Waals surface area contributed by atoms with Crippen molar-refractivity contribution < 1.29 is 29.0 Å². The third kappa shape index (κ3) is 5.75. The van der Waals surface area contributed by atoms with E-state index in [1.54, 1.807) is 13.8 Å². The van der Waals surface area contributed by atoms with E-state index in [9.17, 15) is 19.5 Å². The minimum Gasteiger partial charge on any atom is -0.480 e. The van der Waals surface area contributed by atoms with Gasteiger partial charge in [-0.05, 0) is 42.5 Å². The van der Waals surface area contributed by atoms with Gasteiger partial charge in [-0.2, -0.15) is 0 Å². The standard InChI is InChI=1S/C26H32N2O6/c1-4-26(3,24(30)31)28-23(29)14-17(33-5-2)15-27-25(32)34-16-22-20-12-8-6-10-18(20)19-11-7-9-13-21(19)22/h6-13,17,22H,4-5,14-16H2,1-3H3,(H,27,32)(H,28,29)(H,30,31). The fourth-order valence-corrected chi connectivity index (χ4v) is 4.13. The smallest absolute Gasteiger partial charge is 0.407 e. The Kier molecular flexibility index (Phi) is 8.28. The Labute approximate surface area is 199 Å². The normalized spacial score (nSPS) is 14.9. The molecule has 0 saturated heterocycles. The van der Waals surface area contributed by atoms with Crippen LogP contribution in [-0.2, 0) is 19.1 Å². The van der Waals surface area contributed by atoms with Crippen molar-refractivity contribution in [3.63, 3.8) is 0 Å². The molecule has 0 fully saturated rings. The lowest BCUT2D eigenvalue weighted by molar-refractivity contribution is -0.147. The van der Waals surface area contributed by atoms with Crippen LogP contribution in [0.15, 0.2) is 48.5 Å². The Morgan fingerprint density at radius 2 is 1.62 bits per heavy atom. The fourth-order valence-electron chi connectivity index (χ4n) is 4.13. The monoisotopic (exact) mass is 468 g/mol. The minimum absolute atomic E-state index is 0.0469. The first kappa shape index (κ1) is 25.2. The molecule has 2 aromatic rings. The number of ether oxygens (including phenoxy) is 2. The van der Waals surface area contributed by atoms with Crippen molar-refractivity contribution in [1.29, 1.82) is 0 Å². The first-order chi connectivity index (χ1) is 16.3. The molecule has 182 valence electrons. The molecule has 2 amide bonds. The molecule has 8 nitrogen and oxygen atoms in total. The molecule has 2 atom stereocenters. The number of benzene rings is 2. The number of hydrogen-bond donors (Lipinski definition) is 3. The molecular weight excluding hydrogens is 436 g/mol. The molecule has 1 aliphatic carbocycles. The highest BCUT2D eigenvalue weighted by atomic mass is 16.5. The van der Waals surface area contributed by atoms with Gasteiger partial charge in [-0.15, -0.1) is 0 Å². The van der Waals surface area contributed by atoms with E-state index >= 15 is 0 Å². The van der Waals surface area contributed by atoms with Crippen molar-refractivity contribution in [3.8, 4) is 11.1 Å². The molecule has 0 aliphatic heterocycles. The highest BCUT2D eigenvalue weighted by Crippen LogP contribution is 2.44. The van der Waals surface area contributed by atoms with Gasteiger partial charge in [0.05, 0.1) is 12.5 Å². The quantitative estimate of drug-likeness (QED) is 0.464. The van der Waals surface area contributed by atoms with Crippen molar-refractivity contribution in [2.75, 3.05) is 19.8 Å². The lowest BCUT2D eigenvalue weighted by atomic mass is 9.98. The number of alkyl carbamates (subject to hydrolysis) is 1. The van der Waals surface area contributed by atoms with Gasteiger partial charge < -0.3 is 25.2 Å². The number of carboxylic acid groups (broad SMARTS) is 1. The maximum absolute atomic E-state index is 12.4. The van der Waals surface area contributed by atoms with Gasteiger partial charge in [0.1, 0.15) is 12.1 Å². The lowest BCUT2D eigenvalue weighted by Crippen LogP contribution is -2.52. The number of aliphatic carboxylic acids is 1. The molecular formula is C26H32N2O6. The molecule has 0 radical (unpaired) electrons. The SMILES string of the molecule is CCOC(CNC(=O)OCC1c2ccccc2-c2ccccc21)CC(=O)NC(C)(CC)C(=O)O. The second-order valence-corrected chi connectivity index (χ2v) is 8.53. The second kappa shape index (κ2) is 11.2. The van der Waals surface area contributed by atoms with Gasteiger partial charge in [0, 0.05) is 19.1 Å². The number of amides is 2. The summed E-state index contributed by atoms with van der Waals surface area (Å²) in [5.74, 6) is -1.61. The average molecular weight is 469 g/mol. The van der Waals surface area contributed by atoms with Crippen molar-refractivity contribution in [1.82, 2.24) is 10.6 Å². The van der Waals surface area contributed by atoms with Crippen LogP contribution >= 0.6 is 0 Å². The molecule has 0 spiro atoms. The molecule has 8 heteroatoms. The van der Waals surface area contributed by atoms with Gasteiger partial charge in [-0.25, -0.2) is 9.59 Å². The van der Waals surface area contributed by atoms with Crippen LogP contribution in [0.1, 0.15) is 50.7 Å². The van der Waals surface area contributed by atoms with Gasteiger partial charge >= 0.3 is 12.1 Å². The van der Waals surface area contributed by atoms with Gasteiger partial charge in [0.15, 0.2) is 0 Å². The average Bonchev–Trinajstić information content (AvgIpc) is 3.14. The zero-order chi connectivity index (χ0) is 24.7. The van der Waals surface area contributed by atoms with Crippen LogP contribution in [0.4, 0.5) is 4.79 Å². The summed E-state index contributed by atoms with van der Waals surface area (Å²) in [7, 11) is 0. The highest BCUT2D eigenvalue weighted by molar-refractivity contribution is 5.86. The van der Waals surface area contributed by atoms with E-state index in [-0.39, 0.29) is 31.9 Å². The minimum atomic E-state index is -1.35. The van der Waals surface area contributed by atoms with Crippen molar-refractivity contribution in [2.45, 2.75) is 51.2 Å². The summed E-state index contributed by atoms with van der Waals surface area (Å²) >= 11 is 0. The molecule has 1 aliphatic rings. The summed E-state index contributed by atoms with van der Waals surface area (Å²) in [5.41, 5.74) is 3.19. The third-order valence-electron chi connectivity index (χ3n) is 6.23. The maximum Gasteiger partial charge on any atom is 0.407 e. The Hall–Kier alpha value is -3.39. The van der Waals surface area contributed by atoms with E-state index in [2.05, 4.69) is 22.8 Å². The van der Waals surface area contributed by atoms with Crippen molar-refractivity contribution in [3.05, 3.63) is 59.7 Å². The first-order valence-corrected chi connectivity index (χ1v) is 11.5. The zero-order valence-electron chi connectivity index (χ0n) is 19.8. The summed E-state index contributed by atoms with van der Waals surface area (Å²) in [6, 6.07) is 16.2. The molecule has 0 heterocycles. The van der Waals surface area contributed by atoms with Crippen LogP contribution in [0, 0.1) is 0 Å². The predicted octanol–water partition coefficient (Wildman–Crippen LogP) is 3.69. The number of carbonyl (C=O) groups is 3. The van der Waals surface area contributed by atoms with Crippen LogP contribution in [0.3, 0.4) is 0 Å². The maximum atomic E-state index is 12.4. The highest BCUT2D eigenvalue weighted by Gasteiger charge is 2.33. The molecule has 3 N–H and O–H groups in total. The molecule has 0 bridgehead atoms. The van der Waals surface area contributed by atoms with E-state index in [1.807, 2.05) is 36.4 Å². The van der Waals surface area contributed by atoms with Gasteiger partial charge in [0.2, 0.25) is 5.91 Å². The van der Waals surface area contributed by atoms with Crippen LogP contribution < -0.4 is 10.6 Å². The molecule has 2 unspecified atom stereocenters.